The molecule has 0 saturated carbocycles. The molecule has 104 valence electrons. The van der Waals surface area contributed by atoms with Crippen molar-refractivity contribution in [3.63, 3.8) is 0 Å². The van der Waals surface area contributed by atoms with Gasteiger partial charge in [-0.15, -0.1) is 0 Å². The predicted molar refractivity (Wildman–Crippen MR) is 78.7 cm³/mol. The van der Waals surface area contributed by atoms with Crippen molar-refractivity contribution >= 4 is 21.7 Å². The molecule has 0 radical (unpaired) electrons. The molecular weight excluding hydrogens is 320 g/mol. The Hall–Kier alpha value is -1.46. The minimum absolute atomic E-state index is 0.0159. The second-order valence-corrected chi connectivity index (χ2v) is 6.04. The van der Waals surface area contributed by atoms with Crippen molar-refractivity contribution in [3.05, 3.63) is 51.3 Å². The number of carbonyl (C=O) groups excluding carboxylic acids is 1. The van der Waals surface area contributed by atoms with Gasteiger partial charge in [0.05, 0.1) is 23.9 Å². The van der Waals surface area contributed by atoms with Crippen LogP contribution in [-0.2, 0) is 18.0 Å². The Morgan fingerprint density at radius 1 is 1.35 bits per heavy atom. The van der Waals surface area contributed by atoms with E-state index in [9.17, 15) is 4.79 Å². The maximum absolute atomic E-state index is 12.7. The van der Waals surface area contributed by atoms with Crippen LogP contribution in [0, 0.1) is 0 Å². The molecular formula is C15H15BrN2O2. The fourth-order valence-corrected chi connectivity index (χ4v) is 2.85. The van der Waals surface area contributed by atoms with Crippen LogP contribution in [0.4, 0.5) is 0 Å². The summed E-state index contributed by atoms with van der Waals surface area (Å²) in [7, 11) is 0. The van der Waals surface area contributed by atoms with Crippen LogP contribution in [0.2, 0.25) is 0 Å². The Morgan fingerprint density at radius 3 is 2.85 bits per heavy atom. The maximum Gasteiger partial charge on any atom is 0.212 e. The summed E-state index contributed by atoms with van der Waals surface area (Å²) in [6.45, 7) is 5.23. The number of fused-ring (bicyclic) bond motifs is 1. The quantitative estimate of drug-likeness (QED) is 0.807. The van der Waals surface area contributed by atoms with E-state index in [2.05, 4.69) is 21.0 Å². The van der Waals surface area contributed by atoms with E-state index in [1.54, 1.807) is 10.9 Å². The number of ketones is 1. The average Bonchev–Trinajstić information content (AvgIpc) is 3.03. The molecule has 0 aliphatic carbocycles. The van der Waals surface area contributed by atoms with Crippen LogP contribution in [0.25, 0.3) is 0 Å². The van der Waals surface area contributed by atoms with Crippen molar-refractivity contribution in [2.24, 2.45) is 0 Å². The normalized spacial score (nSPS) is 13.8. The molecule has 1 aliphatic rings. The van der Waals surface area contributed by atoms with Crippen molar-refractivity contribution in [2.45, 2.75) is 33.1 Å². The molecule has 3 rings (SSSR count). The lowest BCUT2D eigenvalue weighted by Crippen LogP contribution is -2.14. The lowest BCUT2D eigenvalue weighted by atomic mass is 10.0. The lowest BCUT2D eigenvalue weighted by Gasteiger charge is -2.11. The Kier molecular flexibility index (Phi) is 3.48. The summed E-state index contributed by atoms with van der Waals surface area (Å²) in [6.07, 6.45) is 1.67. The molecule has 0 amide bonds. The van der Waals surface area contributed by atoms with Gasteiger partial charge in [-0.2, -0.15) is 5.10 Å². The average molecular weight is 335 g/mol. The summed E-state index contributed by atoms with van der Waals surface area (Å²) in [5.74, 6) is -0.0159. The number of hydrogen-bond acceptors (Lipinski definition) is 3. The fraction of sp³-hybridized carbons (Fsp3) is 0.333. The Balaban J connectivity index is 2.03. The largest absolute Gasteiger partial charge is 0.372 e. The molecule has 1 aromatic heterocycles. The topological polar surface area (TPSA) is 44.1 Å². The highest BCUT2D eigenvalue weighted by Crippen LogP contribution is 2.26. The van der Waals surface area contributed by atoms with Gasteiger partial charge in [0.15, 0.2) is 0 Å². The molecule has 2 aromatic rings. The van der Waals surface area contributed by atoms with Gasteiger partial charge in [-0.1, -0.05) is 12.1 Å². The second-order valence-electron chi connectivity index (χ2n) is 5.18. The van der Waals surface area contributed by atoms with Gasteiger partial charge >= 0.3 is 0 Å². The number of rotatable bonds is 3. The van der Waals surface area contributed by atoms with Crippen LogP contribution in [0.3, 0.4) is 0 Å². The molecule has 0 N–H and O–H groups in total. The summed E-state index contributed by atoms with van der Waals surface area (Å²) in [5.41, 5.74) is 3.54. The van der Waals surface area contributed by atoms with E-state index in [0.717, 1.165) is 15.6 Å². The van der Waals surface area contributed by atoms with Crippen molar-refractivity contribution in [1.82, 2.24) is 9.78 Å². The zero-order chi connectivity index (χ0) is 14.3. The first kappa shape index (κ1) is 13.5. The first-order chi connectivity index (χ1) is 9.58. The lowest BCUT2D eigenvalue weighted by molar-refractivity contribution is 0.102. The third-order valence-electron chi connectivity index (χ3n) is 3.44. The molecule has 0 atom stereocenters. The number of benzene rings is 1. The van der Waals surface area contributed by atoms with E-state index in [1.165, 1.54) is 0 Å². The first-order valence-corrected chi connectivity index (χ1v) is 7.34. The number of nitrogens with zero attached hydrogens (tertiary/aromatic N) is 2. The summed E-state index contributed by atoms with van der Waals surface area (Å²) in [5, 5.41) is 4.26. The highest BCUT2D eigenvalue weighted by atomic mass is 79.9. The van der Waals surface area contributed by atoms with E-state index < -0.39 is 0 Å². The molecule has 5 heteroatoms. The first-order valence-electron chi connectivity index (χ1n) is 6.55. The molecule has 0 fully saturated rings. The summed E-state index contributed by atoms with van der Waals surface area (Å²) in [4.78, 5) is 12.7. The van der Waals surface area contributed by atoms with Gasteiger partial charge < -0.3 is 4.74 Å². The number of ether oxygens (including phenoxy) is 1. The number of aromatic nitrogens is 2. The molecule has 1 aliphatic heterocycles. The van der Waals surface area contributed by atoms with Gasteiger partial charge in [0.1, 0.15) is 5.69 Å². The zero-order valence-electron chi connectivity index (χ0n) is 11.4. The minimum atomic E-state index is -0.0159. The van der Waals surface area contributed by atoms with E-state index in [4.69, 9.17) is 4.74 Å². The third-order valence-corrected chi connectivity index (χ3v) is 4.02. The molecule has 0 spiro atoms. The molecule has 0 saturated heterocycles. The van der Waals surface area contributed by atoms with E-state index in [-0.39, 0.29) is 11.8 Å². The molecule has 20 heavy (non-hydrogen) atoms. The zero-order valence-corrected chi connectivity index (χ0v) is 13.0. The maximum atomic E-state index is 12.7. The van der Waals surface area contributed by atoms with Gasteiger partial charge in [0, 0.05) is 11.6 Å². The van der Waals surface area contributed by atoms with Crippen molar-refractivity contribution in [1.29, 1.82) is 0 Å². The van der Waals surface area contributed by atoms with Gasteiger partial charge in [0.25, 0.3) is 0 Å². The molecule has 4 nitrogen and oxygen atoms in total. The predicted octanol–water partition coefficient (Wildman–Crippen LogP) is 3.49. The van der Waals surface area contributed by atoms with Gasteiger partial charge in [-0.05, 0) is 47.0 Å². The monoisotopic (exact) mass is 334 g/mol. The summed E-state index contributed by atoms with van der Waals surface area (Å²) in [6, 6.07) is 5.90. The molecule has 1 aromatic carbocycles. The van der Waals surface area contributed by atoms with Crippen LogP contribution < -0.4 is 0 Å². The van der Waals surface area contributed by atoms with Gasteiger partial charge in [-0.25, -0.2) is 0 Å². The number of hydrogen-bond donors (Lipinski definition) is 0. The smallest absolute Gasteiger partial charge is 0.212 e. The Bertz CT molecular complexity index is 677. The Labute approximate surface area is 125 Å². The van der Waals surface area contributed by atoms with Gasteiger partial charge in [-0.3, -0.25) is 9.48 Å². The third kappa shape index (κ3) is 2.21. The summed E-state index contributed by atoms with van der Waals surface area (Å²) < 4.78 is 7.86. The number of carbonyl (C=O) groups is 1. The highest BCUT2D eigenvalue weighted by Gasteiger charge is 2.22. The molecule has 0 bridgehead atoms. The highest BCUT2D eigenvalue weighted by molar-refractivity contribution is 9.10. The van der Waals surface area contributed by atoms with Crippen LogP contribution in [0.5, 0.6) is 0 Å². The van der Waals surface area contributed by atoms with Crippen molar-refractivity contribution < 1.29 is 9.53 Å². The van der Waals surface area contributed by atoms with Crippen LogP contribution >= 0.6 is 15.9 Å². The van der Waals surface area contributed by atoms with Gasteiger partial charge in [0.2, 0.25) is 5.78 Å². The second kappa shape index (κ2) is 5.14. The molecule has 0 unspecified atom stereocenters. The summed E-state index contributed by atoms with van der Waals surface area (Å²) >= 11 is 3.42. The van der Waals surface area contributed by atoms with E-state index in [0.29, 0.717) is 24.5 Å². The van der Waals surface area contributed by atoms with Crippen molar-refractivity contribution in [2.75, 3.05) is 0 Å². The van der Waals surface area contributed by atoms with Crippen LogP contribution in [-0.4, -0.2) is 15.6 Å². The molecule has 2 heterocycles. The SMILES string of the molecule is CC(C)n1ncc(Br)c1C(=O)c1ccc2c(c1)COC2. The standard InChI is InChI=1S/C15H15BrN2O2/c1-9(2)18-14(13(16)6-17-18)15(19)10-3-4-11-7-20-8-12(11)5-10/h3-6,9H,7-8H2,1-2H3. The van der Waals surface area contributed by atoms with E-state index >= 15 is 0 Å². The number of halogens is 1. The fourth-order valence-electron chi connectivity index (χ4n) is 2.40. The van der Waals surface area contributed by atoms with Crippen LogP contribution in [0.15, 0.2) is 28.9 Å². The Morgan fingerprint density at radius 2 is 2.10 bits per heavy atom. The van der Waals surface area contributed by atoms with Crippen molar-refractivity contribution in [3.8, 4) is 0 Å². The van der Waals surface area contributed by atoms with E-state index in [1.807, 2.05) is 32.0 Å². The van der Waals surface area contributed by atoms with Crippen LogP contribution in [0.1, 0.15) is 47.1 Å². The minimum Gasteiger partial charge on any atom is -0.372 e.